The van der Waals surface area contributed by atoms with Crippen LogP contribution in [0.1, 0.15) is 33.3 Å². The number of para-hydroxylation sites is 2. The Bertz CT molecular complexity index is 4750. The Hall–Kier alpha value is -10.9. The fourth-order valence-electron chi connectivity index (χ4n) is 13.0. The first kappa shape index (κ1) is 60.7. The molecule has 94 heavy (non-hydrogen) atoms. The number of pyridine rings is 1. The van der Waals surface area contributed by atoms with Gasteiger partial charge in [0, 0.05) is 60.5 Å². The van der Waals surface area contributed by atoms with Gasteiger partial charge in [-0.2, -0.15) is 36.4 Å². The van der Waals surface area contributed by atoms with Gasteiger partial charge in [0.15, 0.2) is 0 Å². The third-order valence-electron chi connectivity index (χ3n) is 18.4. The molecule has 2 aliphatic heterocycles. The quantitative estimate of drug-likeness (QED) is 0.101. The van der Waals surface area contributed by atoms with Gasteiger partial charge < -0.3 is 24.6 Å². The van der Waals surface area contributed by atoms with E-state index in [9.17, 15) is 0 Å². The summed E-state index contributed by atoms with van der Waals surface area (Å²) in [6.07, 6.45) is 1.93. The summed E-state index contributed by atoms with van der Waals surface area (Å²) in [7, 11) is 0. The van der Waals surface area contributed by atoms with Gasteiger partial charge in [-0.3, -0.25) is 0 Å². The molecule has 0 saturated carbocycles. The number of rotatable bonds is 14. The second-order valence-electron chi connectivity index (χ2n) is 24.0. The molecule has 0 bridgehead atoms. The molecule has 457 valence electrons. The number of benzene rings is 12. The summed E-state index contributed by atoms with van der Waals surface area (Å²) in [5.74, 6) is 0. The van der Waals surface area contributed by atoms with E-state index in [0.29, 0.717) is 0 Å². The molecule has 0 unspecified atom stereocenters. The summed E-state index contributed by atoms with van der Waals surface area (Å²) in [6, 6.07) is 116. The topological polar surface area (TPSA) is 25.9 Å². The van der Waals surface area contributed by atoms with E-state index >= 15 is 0 Å². The average Bonchev–Trinajstić information content (AvgIpc) is 1.38. The molecule has 0 spiro atoms. The van der Waals surface area contributed by atoms with Crippen LogP contribution in [0.15, 0.2) is 320 Å². The molecule has 12 aromatic carbocycles. The summed E-state index contributed by atoms with van der Waals surface area (Å²) < 4.78 is 0. The van der Waals surface area contributed by atoms with Crippen LogP contribution in [-0.2, 0) is 20.1 Å². The van der Waals surface area contributed by atoms with Gasteiger partial charge in [0.25, 0.3) is 0 Å². The van der Waals surface area contributed by atoms with Gasteiger partial charge in [0.05, 0.1) is 0 Å². The Balaban J connectivity index is 0.00000763. The van der Waals surface area contributed by atoms with Crippen LogP contribution in [0, 0.1) is 38.5 Å². The van der Waals surface area contributed by atoms with E-state index < -0.39 is 0 Å². The second-order valence-corrected chi connectivity index (χ2v) is 24.0. The van der Waals surface area contributed by atoms with Gasteiger partial charge in [0.1, 0.15) is 0 Å². The van der Waals surface area contributed by atoms with Gasteiger partial charge in [-0.1, -0.05) is 228 Å². The Morgan fingerprint density at radius 3 is 1.05 bits per heavy atom. The minimum absolute atomic E-state index is 0. The van der Waals surface area contributed by atoms with E-state index in [0.717, 1.165) is 134 Å². The number of hydrogen-bond acceptors (Lipinski definition) is 5. The molecule has 2 aliphatic rings. The predicted molar refractivity (Wildman–Crippen MR) is 388 cm³/mol. The summed E-state index contributed by atoms with van der Waals surface area (Å²) in [5, 5.41) is 0. The number of nitrogens with zero attached hydrogens (tertiary/aromatic N) is 5. The van der Waals surface area contributed by atoms with Gasteiger partial charge in [0.2, 0.25) is 0 Å². The first-order valence-electron chi connectivity index (χ1n) is 31.7. The largest absolute Gasteiger partial charge is 0.497 e. The van der Waals surface area contributed by atoms with Crippen molar-refractivity contribution in [3.8, 4) is 111 Å². The number of aromatic nitrogens is 1. The summed E-state index contributed by atoms with van der Waals surface area (Å²) >= 11 is 0. The molecule has 0 atom stereocenters. The Labute approximate surface area is 566 Å². The zero-order chi connectivity index (χ0) is 62.9. The van der Waals surface area contributed by atoms with Crippen LogP contribution in [0.2, 0.25) is 0 Å². The molecule has 6 heteroatoms. The van der Waals surface area contributed by atoms with Crippen LogP contribution in [-0.4, -0.2) is 4.98 Å². The van der Waals surface area contributed by atoms with Crippen molar-refractivity contribution in [1.29, 1.82) is 0 Å². The minimum atomic E-state index is 0. The van der Waals surface area contributed by atoms with Crippen LogP contribution in [0.4, 0.5) is 22.7 Å². The zero-order valence-electron chi connectivity index (χ0n) is 53.0. The SMILES string of the molecule is CC1=C(C)N(c2ccccc2)[CH-]N1c1[c-]cc(-c2ccccc2-c2cc(-c3ccccc3-c3c[c-]c(N4[CH-]N(c5ccccc5)C(C)=C4C)cc3)cc(-c3ccccc3-c3c[c-]c(-c4ccc(C)cn4)cc3-c3ccc(-c4ccc(-c5ccccc5)cc4)cc3)c2)cc1.[Ir]. The number of aryl methyl sites for hydroxylation is 1. The van der Waals surface area contributed by atoms with Crippen LogP contribution in [0.5, 0.6) is 0 Å². The Morgan fingerprint density at radius 2 is 0.638 bits per heavy atom. The van der Waals surface area contributed by atoms with Crippen molar-refractivity contribution in [1.82, 2.24) is 4.98 Å². The normalized spacial score (nSPS) is 13.0. The minimum Gasteiger partial charge on any atom is -0.497 e. The van der Waals surface area contributed by atoms with Gasteiger partial charge >= 0.3 is 0 Å². The molecule has 0 saturated heterocycles. The van der Waals surface area contributed by atoms with Crippen molar-refractivity contribution in [3.05, 3.63) is 357 Å². The molecular weight excluding hydrogens is 1320 g/mol. The van der Waals surface area contributed by atoms with Crippen LogP contribution < -0.4 is 19.6 Å². The Kier molecular flexibility index (Phi) is 17.0. The first-order valence-corrected chi connectivity index (χ1v) is 31.7. The fourth-order valence-corrected chi connectivity index (χ4v) is 13.0. The molecule has 13 aromatic rings. The van der Waals surface area contributed by atoms with E-state index in [1.165, 1.54) is 28.1 Å². The van der Waals surface area contributed by atoms with Gasteiger partial charge in [-0.25, -0.2) is 0 Å². The van der Waals surface area contributed by atoms with Crippen molar-refractivity contribution in [2.75, 3.05) is 19.6 Å². The molecule has 15 rings (SSSR count). The van der Waals surface area contributed by atoms with E-state index in [1.807, 2.05) is 6.20 Å². The first-order chi connectivity index (χ1) is 45.7. The summed E-state index contributed by atoms with van der Waals surface area (Å²) in [4.78, 5) is 13.9. The number of anilines is 4. The van der Waals surface area contributed by atoms with Crippen molar-refractivity contribution in [3.63, 3.8) is 0 Å². The third-order valence-corrected chi connectivity index (χ3v) is 18.4. The molecule has 1 radical (unpaired) electrons. The van der Waals surface area contributed by atoms with Crippen molar-refractivity contribution in [2.45, 2.75) is 34.6 Å². The molecule has 0 amide bonds. The molecule has 0 N–H and O–H groups in total. The van der Waals surface area contributed by atoms with Crippen molar-refractivity contribution in [2.24, 2.45) is 0 Å². The standard InChI is InChI=1S/C88H66N5.Ir/c1-60-33-52-88(89-57-60)72-46-51-86(87(56-72)71-40-38-68(39-41-71)67-36-34-66(35-37-67)65-21-9-6-10-22-65)85-32-20-19-31-84(85)75-54-73(82-29-17-15-27-80(82)69-42-47-78(48-43-69)92-58-90(61(2)63(92)4)76-23-11-7-12-24-76)53-74(55-75)83-30-18-16-28-81(83)70-44-49-79(50-45-70)93-59-91(62(3)64(93)5)77-25-13-8-14-26-77;/h6-45,47,49,51-59H,1-5H3;/q-5;. The maximum absolute atomic E-state index is 4.90. The second kappa shape index (κ2) is 26.4. The molecule has 1 aromatic heterocycles. The maximum Gasteiger partial charge on any atom is 0.0190 e. The number of allylic oxidation sites excluding steroid dienone is 4. The molecule has 0 fully saturated rings. The maximum atomic E-state index is 4.90. The van der Waals surface area contributed by atoms with Crippen molar-refractivity contribution >= 4 is 22.7 Å². The number of hydrogen-bond donors (Lipinski definition) is 0. The van der Waals surface area contributed by atoms with E-state index in [1.54, 1.807) is 0 Å². The van der Waals surface area contributed by atoms with Crippen LogP contribution in [0.3, 0.4) is 0 Å². The predicted octanol–water partition coefficient (Wildman–Crippen LogP) is 22.9. The Morgan fingerprint density at radius 1 is 0.277 bits per heavy atom. The van der Waals surface area contributed by atoms with Crippen molar-refractivity contribution < 1.29 is 20.1 Å². The van der Waals surface area contributed by atoms with Crippen LogP contribution >= 0.6 is 0 Å². The van der Waals surface area contributed by atoms with E-state index in [2.05, 4.69) is 377 Å². The molecule has 5 nitrogen and oxygen atoms in total. The van der Waals surface area contributed by atoms with Gasteiger partial charge in [-0.05, 0) is 150 Å². The van der Waals surface area contributed by atoms with E-state index in [-0.39, 0.29) is 20.1 Å². The molecule has 0 aliphatic carbocycles. The zero-order valence-corrected chi connectivity index (χ0v) is 55.4. The van der Waals surface area contributed by atoms with Crippen LogP contribution in [0.25, 0.3) is 111 Å². The smallest absolute Gasteiger partial charge is 0.0190 e. The van der Waals surface area contributed by atoms with E-state index in [4.69, 9.17) is 4.98 Å². The van der Waals surface area contributed by atoms with Gasteiger partial charge in [-0.15, -0.1) is 71.7 Å². The molecular formula is C88H66IrN5-5. The fraction of sp³-hybridized carbons (Fsp3) is 0.0568. The molecule has 3 heterocycles. The summed E-state index contributed by atoms with van der Waals surface area (Å²) in [6.45, 7) is 15.1. The summed E-state index contributed by atoms with van der Waals surface area (Å²) in [5.41, 5.74) is 31.9. The average molecular weight is 1390 g/mol. The monoisotopic (exact) mass is 1390 g/mol. The third kappa shape index (κ3) is 11.9.